The highest BCUT2D eigenvalue weighted by atomic mass is 32.2. The van der Waals surface area contributed by atoms with Crippen molar-refractivity contribution in [2.75, 3.05) is 24.8 Å². The lowest BCUT2D eigenvalue weighted by Crippen LogP contribution is -2.23. The van der Waals surface area contributed by atoms with Crippen molar-refractivity contribution in [3.8, 4) is 5.75 Å². The van der Waals surface area contributed by atoms with Crippen molar-refractivity contribution in [2.24, 2.45) is 0 Å². The molecule has 25 heavy (non-hydrogen) atoms. The number of anilines is 1. The molecule has 9 nitrogen and oxygen atoms in total. The molecule has 1 aromatic heterocycles. The van der Waals surface area contributed by atoms with Gasteiger partial charge in [0, 0.05) is 6.61 Å². The number of ether oxygens (including phenoxy) is 2. The Kier molecular flexibility index (Phi) is 5.00. The SMILES string of the molecule is COc1ccc(S(=O)(=O)CC(=O)Nc2nnc(C3CCCO3)o2)cc1. The molecular formula is C15H17N3O6S. The summed E-state index contributed by atoms with van der Waals surface area (Å²) < 4.78 is 40.2. The van der Waals surface area contributed by atoms with Gasteiger partial charge in [0.25, 0.3) is 0 Å². The first-order valence-corrected chi connectivity index (χ1v) is 9.25. The normalized spacial score (nSPS) is 17.4. The molecule has 0 radical (unpaired) electrons. The predicted molar refractivity (Wildman–Crippen MR) is 85.9 cm³/mol. The third kappa shape index (κ3) is 4.15. The van der Waals surface area contributed by atoms with E-state index in [0.29, 0.717) is 12.4 Å². The van der Waals surface area contributed by atoms with Gasteiger partial charge >= 0.3 is 6.01 Å². The average Bonchev–Trinajstić information content (AvgIpc) is 3.25. The number of aromatic nitrogens is 2. The zero-order chi connectivity index (χ0) is 17.9. The van der Waals surface area contributed by atoms with Gasteiger partial charge in [0.05, 0.1) is 12.0 Å². The molecule has 1 N–H and O–H groups in total. The minimum atomic E-state index is -3.80. The zero-order valence-electron chi connectivity index (χ0n) is 13.5. The average molecular weight is 367 g/mol. The molecule has 1 aromatic carbocycles. The molecule has 1 unspecified atom stereocenters. The second kappa shape index (κ2) is 7.19. The van der Waals surface area contributed by atoms with E-state index in [1.54, 1.807) is 0 Å². The van der Waals surface area contributed by atoms with Gasteiger partial charge in [-0.1, -0.05) is 5.10 Å². The highest BCUT2D eigenvalue weighted by molar-refractivity contribution is 7.92. The molecule has 2 aromatic rings. The van der Waals surface area contributed by atoms with E-state index in [9.17, 15) is 13.2 Å². The van der Waals surface area contributed by atoms with Crippen molar-refractivity contribution in [3.63, 3.8) is 0 Å². The molecule has 3 rings (SSSR count). The summed E-state index contributed by atoms with van der Waals surface area (Å²) in [7, 11) is -2.32. The quantitative estimate of drug-likeness (QED) is 0.812. The summed E-state index contributed by atoms with van der Waals surface area (Å²) in [6, 6.07) is 5.63. The molecule has 0 aliphatic carbocycles. The second-order valence-corrected chi connectivity index (χ2v) is 7.42. The van der Waals surface area contributed by atoms with Gasteiger partial charge in [-0.05, 0) is 37.1 Å². The van der Waals surface area contributed by atoms with E-state index in [2.05, 4.69) is 15.5 Å². The van der Waals surface area contributed by atoms with E-state index in [1.807, 2.05) is 0 Å². The van der Waals surface area contributed by atoms with Crippen molar-refractivity contribution in [1.29, 1.82) is 0 Å². The molecule has 1 saturated heterocycles. The number of carbonyl (C=O) groups excluding carboxylic acids is 1. The molecule has 1 fully saturated rings. The van der Waals surface area contributed by atoms with Crippen LogP contribution in [0.25, 0.3) is 0 Å². The van der Waals surface area contributed by atoms with Gasteiger partial charge in [-0.3, -0.25) is 10.1 Å². The fourth-order valence-corrected chi connectivity index (χ4v) is 3.52. The Bertz CT molecular complexity index is 840. The van der Waals surface area contributed by atoms with E-state index in [-0.39, 0.29) is 22.9 Å². The first kappa shape index (κ1) is 17.4. The molecule has 1 aliphatic rings. The molecular weight excluding hydrogens is 350 g/mol. The lowest BCUT2D eigenvalue weighted by atomic mass is 10.2. The van der Waals surface area contributed by atoms with Gasteiger partial charge < -0.3 is 13.9 Å². The minimum absolute atomic E-state index is 0.0222. The van der Waals surface area contributed by atoms with Crippen LogP contribution < -0.4 is 10.1 Å². The van der Waals surface area contributed by atoms with E-state index < -0.39 is 21.5 Å². The number of benzene rings is 1. The van der Waals surface area contributed by atoms with E-state index in [1.165, 1.54) is 31.4 Å². The van der Waals surface area contributed by atoms with Crippen LogP contribution in [0.15, 0.2) is 33.6 Å². The Labute approximate surface area is 144 Å². The number of nitrogens with one attached hydrogen (secondary N) is 1. The van der Waals surface area contributed by atoms with Gasteiger partial charge in [-0.25, -0.2) is 8.42 Å². The largest absolute Gasteiger partial charge is 0.497 e. The molecule has 0 spiro atoms. The van der Waals surface area contributed by atoms with Crippen molar-refractivity contribution in [2.45, 2.75) is 23.8 Å². The van der Waals surface area contributed by atoms with Crippen LogP contribution in [0.1, 0.15) is 24.8 Å². The highest BCUT2D eigenvalue weighted by Crippen LogP contribution is 2.28. The Morgan fingerprint density at radius 1 is 1.32 bits per heavy atom. The molecule has 1 atom stereocenters. The first-order chi connectivity index (χ1) is 12.0. The van der Waals surface area contributed by atoms with Gasteiger partial charge in [-0.15, -0.1) is 5.10 Å². The minimum Gasteiger partial charge on any atom is -0.497 e. The number of hydrogen-bond acceptors (Lipinski definition) is 8. The molecule has 0 saturated carbocycles. The maximum Gasteiger partial charge on any atom is 0.322 e. The third-order valence-corrected chi connectivity index (χ3v) is 5.26. The van der Waals surface area contributed by atoms with E-state index >= 15 is 0 Å². The van der Waals surface area contributed by atoms with E-state index in [4.69, 9.17) is 13.9 Å². The maximum atomic E-state index is 12.3. The molecule has 134 valence electrons. The Balaban J connectivity index is 1.63. The van der Waals surface area contributed by atoms with Crippen LogP contribution >= 0.6 is 0 Å². The van der Waals surface area contributed by atoms with Crippen LogP contribution in [0, 0.1) is 0 Å². The van der Waals surface area contributed by atoms with Crippen molar-refractivity contribution >= 4 is 21.8 Å². The number of sulfone groups is 1. The molecule has 1 aliphatic heterocycles. The highest BCUT2D eigenvalue weighted by Gasteiger charge is 2.25. The van der Waals surface area contributed by atoms with Crippen LogP contribution in [0.5, 0.6) is 5.75 Å². The summed E-state index contributed by atoms with van der Waals surface area (Å²) in [5.41, 5.74) is 0. The lowest BCUT2D eigenvalue weighted by Gasteiger charge is -2.05. The number of rotatable bonds is 6. The molecule has 1 amide bonds. The summed E-state index contributed by atoms with van der Waals surface area (Å²) in [4.78, 5) is 12.0. The Hall–Kier alpha value is -2.46. The number of carbonyl (C=O) groups is 1. The van der Waals surface area contributed by atoms with E-state index in [0.717, 1.165) is 12.8 Å². The Morgan fingerprint density at radius 2 is 2.08 bits per heavy atom. The molecule has 10 heteroatoms. The summed E-state index contributed by atoms with van der Waals surface area (Å²) in [5.74, 6) is -0.711. The second-order valence-electron chi connectivity index (χ2n) is 5.43. The number of amides is 1. The van der Waals surface area contributed by atoms with Crippen LogP contribution in [0.4, 0.5) is 6.01 Å². The number of methoxy groups -OCH3 is 1. The van der Waals surface area contributed by atoms with Gasteiger partial charge in [0.15, 0.2) is 9.84 Å². The fourth-order valence-electron chi connectivity index (χ4n) is 2.38. The van der Waals surface area contributed by atoms with Crippen LogP contribution in [0.2, 0.25) is 0 Å². The van der Waals surface area contributed by atoms with Crippen LogP contribution in [-0.4, -0.2) is 44.0 Å². The first-order valence-electron chi connectivity index (χ1n) is 7.59. The van der Waals surface area contributed by atoms with Crippen molar-refractivity contribution < 1.29 is 27.1 Å². The van der Waals surface area contributed by atoms with Crippen LogP contribution in [-0.2, 0) is 19.4 Å². The standard InChI is InChI=1S/C15H17N3O6S/c1-22-10-4-6-11(7-5-10)25(20,21)9-13(19)16-15-18-17-14(24-15)12-3-2-8-23-12/h4-7,12H,2-3,8-9H2,1H3,(H,16,18,19). The van der Waals surface area contributed by atoms with Gasteiger partial charge in [0.2, 0.25) is 11.8 Å². The zero-order valence-corrected chi connectivity index (χ0v) is 14.3. The smallest absolute Gasteiger partial charge is 0.322 e. The van der Waals surface area contributed by atoms with Crippen molar-refractivity contribution in [3.05, 3.63) is 30.2 Å². The summed E-state index contributed by atoms with van der Waals surface area (Å²) in [6.07, 6.45) is 1.39. The van der Waals surface area contributed by atoms with Crippen molar-refractivity contribution in [1.82, 2.24) is 10.2 Å². The number of hydrogen-bond donors (Lipinski definition) is 1. The fraction of sp³-hybridized carbons (Fsp3) is 0.400. The topological polar surface area (TPSA) is 121 Å². The summed E-state index contributed by atoms with van der Waals surface area (Å²) >= 11 is 0. The summed E-state index contributed by atoms with van der Waals surface area (Å²) in [6.45, 7) is 0.620. The predicted octanol–water partition coefficient (Wildman–Crippen LogP) is 1.34. The number of nitrogens with zero attached hydrogens (tertiary/aromatic N) is 2. The molecule has 2 heterocycles. The lowest BCUT2D eigenvalue weighted by molar-refractivity contribution is -0.114. The molecule has 0 bridgehead atoms. The summed E-state index contributed by atoms with van der Waals surface area (Å²) in [5, 5.41) is 9.79. The third-order valence-electron chi connectivity index (χ3n) is 3.63. The Morgan fingerprint density at radius 3 is 2.72 bits per heavy atom. The van der Waals surface area contributed by atoms with Crippen LogP contribution in [0.3, 0.4) is 0 Å². The van der Waals surface area contributed by atoms with Gasteiger partial charge in [-0.2, -0.15) is 0 Å². The maximum absolute atomic E-state index is 12.3. The monoisotopic (exact) mass is 367 g/mol. The van der Waals surface area contributed by atoms with Gasteiger partial charge in [0.1, 0.15) is 17.6 Å².